The molecule has 9 nitrogen and oxygen atoms in total. The van der Waals surface area contributed by atoms with Crippen LogP contribution in [0.15, 0.2) is 42.5 Å². The van der Waals surface area contributed by atoms with Gasteiger partial charge >= 0.3 is 19.1 Å². The SMILES string of the molecule is CC(C)(C)OC(=O)CN(CC(=O)OC(C)(C)C)C(=O)Cn1c2ccccc2c2cc(B3OC(C)(C)C(C)(C)O3)ccc21. The first-order chi connectivity index (χ1) is 19.3. The van der Waals surface area contributed by atoms with Crippen molar-refractivity contribution in [3.05, 3.63) is 42.5 Å². The zero-order chi connectivity index (χ0) is 31.3. The van der Waals surface area contributed by atoms with Crippen LogP contribution in [0.25, 0.3) is 21.8 Å². The molecule has 1 amide bonds. The summed E-state index contributed by atoms with van der Waals surface area (Å²) in [6.07, 6.45) is 0. The van der Waals surface area contributed by atoms with Crippen molar-refractivity contribution in [3.8, 4) is 0 Å². The van der Waals surface area contributed by atoms with Gasteiger partial charge in [-0.05, 0) is 86.8 Å². The van der Waals surface area contributed by atoms with Gasteiger partial charge in [-0.1, -0.05) is 30.3 Å². The molecule has 226 valence electrons. The topological polar surface area (TPSA) is 96.3 Å². The van der Waals surface area contributed by atoms with Gasteiger partial charge in [0.2, 0.25) is 5.91 Å². The van der Waals surface area contributed by atoms with Crippen LogP contribution in [0.5, 0.6) is 0 Å². The summed E-state index contributed by atoms with van der Waals surface area (Å²) in [5, 5.41) is 1.90. The van der Waals surface area contributed by atoms with Crippen molar-refractivity contribution < 1.29 is 33.2 Å². The lowest BCUT2D eigenvalue weighted by molar-refractivity contribution is -0.164. The van der Waals surface area contributed by atoms with Crippen molar-refractivity contribution >= 4 is 52.2 Å². The molecule has 2 heterocycles. The summed E-state index contributed by atoms with van der Waals surface area (Å²) in [4.78, 5) is 40.4. The van der Waals surface area contributed by atoms with Crippen LogP contribution >= 0.6 is 0 Å². The lowest BCUT2D eigenvalue weighted by Crippen LogP contribution is -2.44. The summed E-state index contributed by atoms with van der Waals surface area (Å²) < 4.78 is 25.4. The van der Waals surface area contributed by atoms with Crippen LogP contribution in [0.3, 0.4) is 0 Å². The second kappa shape index (κ2) is 11.0. The molecule has 1 aliphatic heterocycles. The highest BCUT2D eigenvalue weighted by molar-refractivity contribution is 6.62. The molecule has 10 heteroatoms. The minimum absolute atomic E-state index is 0.0918. The Bertz CT molecular complexity index is 1460. The van der Waals surface area contributed by atoms with Crippen LogP contribution in [0, 0.1) is 0 Å². The van der Waals surface area contributed by atoms with Gasteiger partial charge in [-0.3, -0.25) is 14.4 Å². The molecule has 1 fully saturated rings. The van der Waals surface area contributed by atoms with E-state index in [0.29, 0.717) is 0 Å². The summed E-state index contributed by atoms with van der Waals surface area (Å²) in [5.74, 6) is -1.62. The Kier molecular flexibility index (Phi) is 8.30. The number of esters is 2. The fourth-order valence-electron chi connectivity index (χ4n) is 4.89. The van der Waals surface area contributed by atoms with Gasteiger partial charge in [-0.15, -0.1) is 0 Å². The number of nitrogens with zero attached hydrogens (tertiary/aromatic N) is 2. The molecule has 0 bridgehead atoms. The van der Waals surface area contributed by atoms with Gasteiger partial charge < -0.3 is 28.2 Å². The van der Waals surface area contributed by atoms with E-state index < -0.39 is 47.4 Å². The van der Waals surface area contributed by atoms with E-state index in [0.717, 1.165) is 27.3 Å². The molecule has 0 atom stereocenters. The van der Waals surface area contributed by atoms with Gasteiger partial charge in [0.05, 0.1) is 11.2 Å². The molecule has 0 spiro atoms. The standard InChI is InChI=1S/C32H43BN2O7/c1-29(2,3)39-27(37)19-34(20-28(38)40-30(4,5)6)26(36)18-35-24-14-12-11-13-22(24)23-17-21(15-16-25(23)35)33-41-31(7,8)32(9,10)42-33/h11-17H,18-20H2,1-10H3. The highest BCUT2D eigenvalue weighted by atomic mass is 16.7. The number of fused-ring (bicyclic) bond motifs is 3. The van der Waals surface area contributed by atoms with E-state index in [-0.39, 0.29) is 19.6 Å². The smallest absolute Gasteiger partial charge is 0.459 e. The minimum atomic E-state index is -0.737. The Labute approximate surface area is 248 Å². The third-order valence-electron chi connectivity index (χ3n) is 7.45. The molecule has 0 aliphatic carbocycles. The Morgan fingerprint density at radius 2 is 1.29 bits per heavy atom. The molecule has 1 aliphatic rings. The maximum Gasteiger partial charge on any atom is 0.494 e. The molecule has 2 aromatic carbocycles. The van der Waals surface area contributed by atoms with Crippen molar-refractivity contribution in [2.24, 2.45) is 0 Å². The summed E-state index contributed by atoms with van der Waals surface area (Å²) in [5.41, 5.74) is 0.142. The number of hydrogen-bond acceptors (Lipinski definition) is 7. The first-order valence-corrected chi connectivity index (χ1v) is 14.3. The van der Waals surface area contributed by atoms with Crippen molar-refractivity contribution in [1.82, 2.24) is 9.47 Å². The average Bonchev–Trinajstić information content (AvgIpc) is 3.25. The van der Waals surface area contributed by atoms with Gasteiger partial charge in [0.1, 0.15) is 30.8 Å². The second-order valence-corrected chi connectivity index (χ2v) is 13.9. The Hall–Kier alpha value is -3.37. The number of amides is 1. The van der Waals surface area contributed by atoms with Crippen molar-refractivity contribution in [1.29, 1.82) is 0 Å². The molecule has 3 aromatic rings. The van der Waals surface area contributed by atoms with Crippen LogP contribution in [-0.4, -0.2) is 69.9 Å². The predicted molar refractivity (Wildman–Crippen MR) is 163 cm³/mol. The fraction of sp³-hybridized carbons (Fsp3) is 0.531. The largest absolute Gasteiger partial charge is 0.494 e. The highest BCUT2D eigenvalue weighted by Gasteiger charge is 2.51. The zero-order valence-electron chi connectivity index (χ0n) is 26.5. The molecule has 4 rings (SSSR count). The van der Waals surface area contributed by atoms with Crippen LogP contribution in [0.4, 0.5) is 0 Å². The Morgan fingerprint density at radius 1 is 0.786 bits per heavy atom. The monoisotopic (exact) mass is 578 g/mol. The molecule has 42 heavy (non-hydrogen) atoms. The van der Waals surface area contributed by atoms with Crippen LogP contribution in [0.1, 0.15) is 69.2 Å². The molecule has 1 saturated heterocycles. The maximum atomic E-state index is 13.8. The number of hydrogen-bond donors (Lipinski definition) is 0. The molecule has 1 aromatic heterocycles. The van der Waals surface area contributed by atoms with Crippen molar-refractivity contribution in [3.63, 3.8) is 0 Å². The normalized spacial score (nSPS) is 16.6. The van der Waals surface area contributed by atoms with Gasteiger partial charge in [-0.25, -0.2) is 0 Å². The van der Waals surface area contributed by atoms with Crippen molar-refractivity contribution in [2.75, 3.05) is 13.1 Å². The van der Waals surface area contributed by atoms with Gasteiger partial charge in [0.15, 0.2) is 0 Å². The third-order valence-corrected chi connectivity index (χ3v) is 7.45. The molecule has 0 unspecified atom stereocenters. The number of benzene rings is 2. The van der Waals surface area contributed by atoms with Crippen LogP contribution in [-0.2, 0) is 39.7 Å². The second-order valence-electron chi connectivity index (χ2n) is 13.9. The van der Waals surface area contributed by atoms with E-state index in [9.17, 15) is 14.4 Å². The number of carbonyl (C=O) groups is 3. The van der Waals surface area contributed by atoms with E-state index in [1.54, 1.807) is 41.5 Å². The Morgan fingerprint density at radius 3 is 1.81 bits per heavy atom. The molecular weight excluding hydrogens is 535 g/mol. The average molecular weight is 579 g/mol. The summed E-state index contributed by atoms with van der Waals surface area (Å²) in [6.45, 7) is 17.7. The van der Waals surface area contributed by atoms with Gasteiger partial charge in [0, 0.05) is 21.8 Å². The van der Waals surface area contributed by atoms with E-state index in [2.05, 4.69) is 0 Å². The summed E-state index contributed by atoms with van der Waals surface area (Å²) in [6, 6.07) is 13.8. The molecule has 0 radical (unpaired) electrons. The van der Waals surface area contributed by atoms with E-state index in [1.165, 1.54) is 4.90 Å². The van der Waals surface area contributed by atoms with E-state index in [1.807, 2.05) is 74.7 Å². The number of rotatable bonds is 7. The number of aromatic nitrogens is 1. The quantitative estimate of drug-likeness (QED) is 0.299. The minimum Gasteiger partial charge on any atom is -0.459 e. The number of ether oxygens (including phenoxy) is 2. The predicted octanol–water partition coefficient (Wildman–Crippen LogP) is 4.61. The lowest BCUT2D eigenvalue weighted by Gasteiger charge is -2.32. The zero-order valence-corrected chi connectivity index (χ0v) is 26.5. The van der Waals surface area contributed by atoms with Crippen LogP contribution < -0.4 is 5.46 Å². The van der Waals surface area contributed by atoms with Crippen molar-refractivity contribution in [2.45, 2.75) is 98.2 Å². The molecule has 0 N–H and O–H groups in total. The Balaban J connectivity index is 1.68. The number of carbonyl (C=O) groups excluding carboxylic acids is 3. The van der Waals surface area contributed by atoms with Gasteiger partial charge in [0.25, 0.3) is 0 Å². The summed E-state index contributed by atoms with van der Waals surface area (Å²) in [7, 11) is -0.527. The molecule has 0 saturated carbocycles. The van der Waals surface area contributed by atoms with E-state index in [4.69, 9.17) is 18.8 Å². The molecular formula is C32H43BN2O7. The maximum absolute atomic E-state index is 13.8. The van der Waals surface area contributed by atoms with E-state index >= 15 is 0 Å². The first kappa shape index (κ1) is 31.6. The number of para-hydroxylation sites is 1. The third kappa shape index (κ3) is 6.98. The highest BCUT2D eigenvalue weighted by Crippen LogP contribution is 2.37. The van der Waals surface area contributed by atoms with Crippen LogP contribution in [0.2, 0.25) is 0 Å². The lowest BCUT2D eigenvalue weighted by atomic mass is 9.78. The first-order valence-electron chi connectivity index (χ1n) is 14.3. The summed E-state index contributed by atoms with van der Waals surface area (Å²) >= 11 is 0. The fourth-order valence-corrected chi connectivity index (χ4v) is 4.89. The van der Waals surface area contributed by atoms with Gasteiger partial charge in [-0.2, -0.15) is 0 Å².